The van der Waals surface area contributed by atoms with Crippen molar-refractivity contribution in [2.75, 3.05) is 23.7 Å². The van der Waals surface area contributed by atoms with Crippen LogP contribution in [-0.2, 0) is 17.6 Å². The van der Waals surface area contributed by atoms with Crippen molar-refractivity contribution < 1.29 is 9.59 Å². The van der Waals surface area contributed by atoms with Gasteiger partial charge in [0.1, 0.15) is 0 Å². The minimum absolute atomic E-state index is 0.0242. The number of piperidine rings is 1. The molecule has 0 aromatic heterocycles. The molecular weight excluding hydrogens is 350 g/mol. The third kappa shape index (κ3) is 4.19. The van der Waals surface area contributed by atoms with Crippen molar-refractivity contribution in [1.82, 2.24) is 4.90 Å². The topological polar surface area (TPSA) is 61.4 Å². The number of aryl methyl sites for hydroxylation is 1. The van der Waals surface area contributed by atoms with E-state index >= 15 is 0 Å². The Morgan fingerprint density at radius 3 is 2.57 bits per heavy atom. The first-order chi connectivity index (χ1) is 13.7. The van der Waals surface area contributed by atoms with E-state index in [-0.39, 0.29) is 17.9 Å². The first-order valence-corrected chi connectivity index (χ1v) is 10.2. The van der Waals surface area contributed by atoms with Crippen molar-refractivity contribution in [3.8, 4) is 0 Å². The number of urea groups is 1. The predicted octanol–water partition coefficient (Wildman–Crippen LogP) is 4.45. The average molecular weight is 377 g/mol. The predicted molar refractivity (Wildman–Crippen MR) is 111 cm³/mol. The summed E-state index contributed by atoms with van der Waals surface area (Å²) in [5, 5.41) is 6.07. The van der Waals surface area contributed by atoms with Gasteiger partial charge in [0.15, 0.2) is 0 Å². The number of carbonyl (C=O) groups excluding carboxylic acids is 2. The Kier molecular flexibility index (Phi) is 5.60. The number of nitrogens with zero attached hydrogens (tertiary/aromatic N) is 1. The zero-order chi connectivity index (χ0) is 19.3. The maximum atomic E-state index is 12.9. The summed E-state index contributed by atoms with van der Waals surface area (Å²) in [6.45, 7) is 1.14. The molecule has 146 valence electrons. The molecule has 5 nitrogen and oxygen atoms in total. The number of fused-ring (bicyclic) bond motifs is 1. The van der Waals surface area contributed by atoms with Gasteiger partial charge >= 0.3 is 6.03 Å². The first kappa shape index (κ1) is 18.5. The Labute approximate surface area is 166 Å². The molecule has 2 N–H and O–H groups in total. The van der Waals surface area contributed by atoms with Crippen LogP contribution >= 0.6 is 0 Å². The van der Waals surface area contributed by atoms with Crippen molar-refractivity contribution in [3.05, 3.63) is 59.7 Å². The van der Waals surface area contributed by atoms with Crippen LogP contribution in [0.25, 0.3) is 0 Å². The highest BCUT2D eigenvalue weighted by Crippen LogP contribution is 2.29. The second-order valence-corrected chi connectivity index (χ2v) is 7.72. The highest BCUT2D eigenvalue weighted by atomic mass is 16.2. The molecule has 1 atom stereocenters. The summed E-state index contributed by atoms with van der Waals surface area (Å²) in [7, 11) is 0. The van der Waals surface area contributed by atoms with E-state index in [1.165, 1.54) is 24.0 Å². The number of hydrogen-bond acceptors (Lipinski definition) is 2. The number of carbonyl (C=O) groups is 2. The number of amides is 3. The van der Waals surface area contributed by atoms with Crippen LogP contribution in [0, 0.1) is 5.92 Å². The van der Waals surface area contributed by atoms with Crippen LogP contribution in [0.3, 0.4) is 0 Å². The van der Waals surface area contributed by atoms with Crippen molar-refractivity contribution in [1.29, 1.82) is 0 Å². The third-order valence-corrected chi connectivity index (χ3v) is 5.76. The fourth-order valence-electron chi connectivity index (χ4n) is 4.23. The fraction of sp³-hybridized carbons (Fsp3) is 0.391. The summed E-state index contributed by atoms with van der Waals surface area (Å²) < 4.78 is 0. The van der Waals surface area contributed by atoms with E-state index in [2.05, 4.69) is 16.7 Å². The molecule has 28 heavy (non-hydrogen) atoms. The maximum absolute atomic E-state index is 12.9. The third-order valence-electron chi connectivity index (χ3n) is 5.76. The maximum Gasteiger partial charge on any atom is 0.321 e. The van der Waals surface area contributed by atoms with Crippen molar-refractivity contribution in [2.45, 2.75) is 38.5 Å². The van der Waals surface area contributed by atoms with Crippen molar-refractivity contribution in [2.24, 2.45) is 5.92 Å². The van der Waals surface area contributed by atoms with Gasteiger partial charge in [-0.1, -0.05) is 30.3 Å². The summed E-state index contributed by atoms with van der Waals surface area (Å²) >= 11 is 0. The van der Waals surface area contributed by atoms with Crippen LogP contribution in [0.5, 0.6) is 0 Å². The van der Waals surface area contributed by atoms with Crippen molar-refractivity contribution in [3.63, 3.8) is 0 Å². The van der Waals surface area contributed by atoms with E-state index < -0.39 is 0 Å². The van der Waals surface area contributed by atoms with E-state index in [9.17, 15) is 9.59 Å². The van der Waals surface area contributed by atoms with Crippen LogP contribution < -0.4 is 10.6 Å². The Bertz CT molecular complexity index is 850. The molecule has 5 heteroatoms. The lowest BCUT2D eigenvalue weighted by Crippen LogP contribution is -2.45. The van der Waals surface area contributed by atoms with Crippen LogP contribution in [0.2, 0.25) is 0 Å². The number of benzene rings is 2. The smallest absolute Gasteiger partial charge is 0.321 e. The lowest BCUT2D eigenvalue weighted by molar-refractivity contribution is -0.121. The minimum Gasteiger partial charge on any atom is -0.326 e. The van der Waals surface area contributed by atoms with E-state index in [4.69, 9.17) is 0 Å². The average Bonchev–Trinajstić information content (AvgIpc) is 2.75. The summed E-state index contributed by atoms with van der Waals surface area (Å²) in [5.41, 5.74) is 4.37. The molecule has 1 aliphatic carbocycles. The molecule has 1 saturated heterocycles. The molecule has 0 saturated carbocycles. The van der Waals surface area contributed by atoms with Gasteiger partial charge < -0.3 is 15.5 Å². The van der Waals surface area contributed by atoms with Gasteiger partial charge in [0.2, 0.25) is 5.91 Å². The zero-order valence-corrected chi connectivity index (χ0v) is 16.1. The fourth-order valence-corrected chi connectivity index (χ4v) is 4.23. The number of hydrogen-bond donors (Lipinski definition) is 2. The van der Waals surface area contributed by atoms with E-state index in [0.29, 0.717) is 13.1 Å². The number of nitrogens with one attached hydrogen (secondary N) is 2. The second-order valence-electron chi connectivity index (χ2n) is 7.72. The highest BCUT2D eigenvalue weighted by molar-refractivity contribution is 5.95. The van der Waals surface area contributed by atoms with Crippen LogP contribution in [0.1, 0.15) is 36.8 Å². The second kappa shape index (κ2) is 8.46. The molecule has 1 fully saturated rings. The first-order valence-electron chi connectivity index (χ1n) is 10.2. The number of anilines is 2. The quantitative estimate of drug-likeness (QED) is 0.830. The summed E-state index contributed by atoms with van der Waals surface area (Å²) in [5.74, 6) is -0.147. The lowest BCUT2D eigenvalue weighted by atomic mass is 9.90. The molecule has 1 heterocycles. The lowest BCUT2D eigenvalue weighted by Gasteiger charge is -2.32. The minimum atomic E-state index is -0.172. The van der Waals surface area contributed by atoms with E-state index in [1.807, 2.05) is 42.5 Å². The molecular formula is C23H27N3O2. The highest BCUT2D eigenvalue weighted by Gasteiger charge is 2.29. The molecule has 2 aliphatic rings. The van der Waals surface area contributed by atoms with Gasteiger partial charge in [0.25, 0.3) is 0 Å². The van der Waals surface area contributed by atoms with Crippen molar-refractivity contribution >= 4 is 23.3 Å². The van der Waals surface area contributed by atoms with Gasteiger partial charge in [0, 0.05) is 24.5 Å². The molecule has 0 radical (unpaired) electrons. The summed E-state index contributed by atoms with van der Waals surface area (Å²) in [4.78, 5) is 27.2. The Balaban J connectivity index is 1.39. The van der Waals surface area contributed by atoms with Crippen LogP contribution in [0.4, 0.5) is 16.2 Å². The SMILES string of the molecule is O=C(Nc1cccc2c1CCCC2)[C@H]1CCCN(C(=O)Nc2ccccc2)C1. The number of likely N-dealkylation sites (tertiary alicyclic amines) is 1. The van der Waals surface area contributed by atoms with Gasteiger partial charge in [-0.05, 0) is 67.9 Å². The normalized spacial score (nSPS) is 18.9. The largest absolute Gasteiger partial charge is 0.326 e. The van der Waals surface area contributed by atoms with Crippen LogP contribution in [0.15, 0.2) is 48.5 Å². The van der Waals surface area contributed by atoms with Gasteiger partial charge in [-0.15, -0.1) is 0 Å². The van der Waals surface area contributed by atoms with E-state index in [0.717, 1.165) is 37.1 Å². The Morgan fingerprint density at radius 2 is 1.71 bits per heavy atom. The monoisotopic (exact) mass is 377 g/mol. The molecule has 3 amide bonds. The van der Waals surface area contributed by atoms with Gasteiger partial charge in [-0.25, -0.2) is 4.79 Å². The molecule has 0 unspecified atom stereocenters. The van der Waals surface area contributed by atoms with Gasteiger partial charge in [-0.3, -0.25) is 4.79 Å². The summed E-state index contributed by atoms with van der Waals surface area (Å²) in [6, 6.07) is 15.5. The molecule has 2 aromatic rings. The number of rotatable bonds is 3. The molecule has 0 bridgehead atoms. The van der Waals surface area contributed by atoms with Gasteiger partial charge in [0.05, 0.1) is 5.92 Å². The Hall–Kier alpha value is -2.82. The molecule has 1 aliphatic heterocycles. The Morgan fingerprint density at radius 1 is 0.893 bits per heavy atom. The standard InChI is InChI=1S/C23H27N3O2/c27-22(25-21-14-6-9-17-8-4-5-13-20(17)21)18-10-7-15-26(16-18)23(28)24-19-11-2-1-3-12-19/h1-3,6,9,11-12,14,18H,4-5,7-8,10,13,15-16H2,(H,24,28)(H,25,27)/t18-/m0/s1. The zero-order valence-electron chi connectivity index (χ0n) is 16.1. The number of para-hydroxylation sites is 1. The molecule has 0 spiro atoms. The molecule has 4 rings (SSSR count). The van der Waals surface area contributed by atoms with Crippen LogP contribution in [-0.4, -0.2) is 29.9 Å². The van der Waals surface area contributed by atoms with E-state index in [1.54, 1.807) is 4.90 Å². The molecule has 2 aromatic carbocycles. The van der Waals surface area contributed by atoms with Gasteiger partial charge in [-0.2, -0.15) is 0 Å². The summed E-state index contributed by atoms with van der Waals surface area (Å²) in [6.07, 6.45) is 6.18.